The number of hydrogen-bond donors (Lipinski definition) is 0. The molecule has 3 aromatic rings. The summed E-state index contributed by atoms with van der Waals surface area (Å²) in [6.45, 7) is 4.24. The molecule has 0 radical (unpaired) electrons. The molecule has 3 nitrogen and oxygen atoms in total. The van der Waals surface area contributed by atoms with Crippen LogP contribution in [0.25, 0.3) is 21.7 Å². The van der Waals surface area contributed by atoms with Gasteiger partial charge in [-0.15, -0.1) is 11.3 Å². The van der Waals surface area contributed by atoms with Crippen LogP contribution in [0.3, 0.4) is 0 Å². The summed E-state index contributed by atoms with van der Waals surface area (Å²) < 4.78 is 2.76. The van der Waals surface area contributed by atoms with Gasteiger partial charge in [-0.25, -0.2) is 0 Å². The lowest BCUT2D eigenvalue weighted by Gasteiger charge is -2.03. The molecule has 0 saturated carbocycles. The summed E-state index contributed by atoms with van der Waals surface area (Å²) in [5.74, 6) is 0. The summed E-state index contributed by atoms with van der Waals surface area (Å²) in [6, 6.07) is 8.25. The molecule has 0 aliphatic heterocycles. The van der Waals surface area contributed by atoms with E-state index in [0.29, 0.717) is 6.04 Å². The zero-order valence-corrected chi connectivity index (χ0v) is 12.8. The molecule has 0 N–H and O–H groups in total. The maximum absolute atomic E-state index is 6.05. The van der Waals surface area contributed by atoms with Crippen molar-refractivity contribution >= 4 is 22.9 Å². The summed E-state index contributed by atoms with van der Waals surface area (Å²) >= 11 is 7.60. The van der Waals surface area contributed by atoms with Gasteiger partial charge in [-0.2, -0.15) is 5.10 Å². The second kappa shape index (κ2) is 5.38. The van der Waals surface area contributed by atoms with Crippen LogP contribution in [0.5, 0.6) is 0 Å². The number of rotatable bonds is 3. The van der Waals surface area contributed by atoms with Crippen molar-refractivity contribution in [2.24, 2.45) is 0 Å². The minimum atomic E-state index is 0.319. The molecule has 0 aliphatic carbocycles. The summed E-state index contributed by atoms with van der Waals surface area (Å²) in [4.78, 5) is 5.16. The Hall–Kier alpha value is -1.65. The Morgan fingerprint density at radius 1 is 1.15 bits per heavy atom. The molecule has 0 aliphatic rings. The molecular weight excluding hydrogens is 290 g/mol. The summed E-state index contributed by atoms with van der Waals surface area (Å²) in [5.41, 5.74) is 3.20. The van der Waals surface area contributed by atoms with Crippen LogP contribution in [0.2, 0.25) is 4.34 Å². The SMILES string of the molecule is CC(C)n1cc(-c2ccncc2)c(-c2ccc(Cl)s2)n1. The van der Waals surface area contributed by atoms with Gasteiger partial charge in [0.05, 0.1) is 9.21 Å². The third-order valence-corrected chi connectivity index (χ3v) is 4.30. The smallest absolute Gasteiger partial charge is 0.110 e. The molecule has 0 fully saturated rings. The number of nitrogens with zero attached hydrogens (tertiary/aromatic N) is 3. The molecule has 102 valence electrons. The van der Waals surface area contributed by atoms with Crippen LogP contribution in [-0.2, 0) is 0 Å². The van der Waals surface area contributed by atoms with Crippen molar-refractivity contribution < 1.29 is 0 Å². The lowest BCUT2D eigenvalue weighted by atomic mass is 10.1. The molecule has 0 bridgehead atoms. The van der Waals surface area contributed by atoms with Gasteiger partial charge in [0.2, 0.25) is 0 Å². The van der Waals surface area contributed by atoms with E-state index in [9.17, 15) is 0 Å². The molecule has 0 unspecified atom stereocenters. The fraction of sp³-hybridized carbons (Fsp3) is 0.200. The van der Waals surface area contributed by atoms with E-state index in [0.717, 1.165) is 26.0 Å². The molecule has 0 atom stereocenters. The largest absolute Gasteiger partial charge is 0.269 e. The van der Waals surface area contributed by atoms with E-state index in [1.165, 1.54) is 0 Å². The minimum absolute atomic E-state index is 0.319. The molecule has 0 saturated heterocycles. The monoisotopic (exact) mass is 303 g/mol. The van der Waals surface area contributed by atoms with Crippen LogP contribution in [0, 0.1) is 0 Å². The maximum atomic E-state index is 6.05. The van der Waals surface area contributed by atoms with Gasteiger partial charge in [-0.1, -0.05) is 11.6 Å². The van der Waals surface area contributed by atoms with Gasteiger partial charge >= 0.3 is 0 Å². The van der Waals surface area contributed by atoms with E-state index in [-0.39, 0.29) is 0 Å². The van der Waals surface area contributed by atoms with Crippen LogP contribution in [0.15, 0.2) is 42.9 Å². The Balaban J connectivity index is 2.17. The second-order valence-electron chi connectivity index (χ2n) is 4.80. The third kappa shape index (κ3) is 2.49. The van der Waals surface area contributed by atoms with Gasteiger partial charge in [-0.3, -0.25) is 9.67 Å². The van der Waals surface area contributed by atoms with Crippen molar-refractivity contribution in [1.82, 2.24) is 14.8 Å². The molecule has 0 aromatic carbocycles. The van der Waals surface area contributed by atoms with E-state index in [2.05, 4.69) is 25.0 Å². The minimum Gasteiger partial charge on any atom is -0.269 e. The Bertz CT molecular complexity index is 716. The van der Waals surface area contributed by atoms with Crippen molar-refractivity contribution in [1.29, 1.82) is 0 Å². The van der Waals surface area contributed by atoms with Gasteiger partial charge in [-0.05, 0) is 43.7 Å². The highest BCUT2D eigenvalue weighted by Gasteiger charge is 2.15. The number of pyridine rings is 1. The highest BCUT2D eigenvalue weighted by atomic mass is 35.5. The highest BCUT2D eigenvalue weighted by molar-refractivity contribution is 7.19. The third-order valence-electron chi connectivity index (χ3n) is 3.06. The fourth-order valence-corrected chi connectivity index (χ4v) is 3.06. The van der Waals surface area contributed by atoms with Gasteiger partial charge in [0.15, 0.2) is 0 Å². The molecular formula is C15H14ClN3S. The Labute approximate surface area is 126 Å². The quantitative estimate of drug-likeness (QED) is 0.688. The summed E-state index contributed by atoms with van der Waals surface area (Å²) in [5, 5.41) is 4.72. The average Bonchev–Trinajstić information content (AvgIpc) is 3.05. The molecule has 3 heterocycles. The van der Waals surface area contributed by atoms with Crippen LogP contribution in [0.1, 0.15) is 19.9 Å². The molecule has 20 heavy (non-hydrogen) atoms. The number of hydrogen-bond acceptors (Lipinski definition) is 3. The topological polar surface area (TPSA) is 30.7 Å². The first-order valence-electron chi connectivity index (χ1n) is 6.40. The molecule has 3 rings (SSSR count). The molecule has 0 spiro atoms. The van der Waals surface area contributed by atoms with Crippen LogP contribution in [0.4, 0.5) is 0 Å². The lowest BCUT2D eigenvalue weighted by molar-refractivity contribution is 0.534. The average molecular weight is 304 g/mol. The standard InChI is InChI=1S/C15H14ClN3S/c1-10(2)19-9-12(11-5-7-17-8-6-11)15(18-19)13-3-4-14(16)20-13/h3-10H,1-2H3. The first-order valence-corrected chi connectivity index (χ1v) is 7.60. The van der Waals surface area contributed by atoms with Crippen LogP contribution < -0.4 is 0 Å². The Morgan fingerprint density at radius 3 is 2.50 bits per heavy atom. The first-order chi connectivity index (χ1) is 9.65. The van der Waals surface area contributed by atoms with E-state index in [4.69, 9.17) is 16.7 Å². The van der Waals surface area contributed by atoms with Crippen molar-refractivity contribution in [3.05, 3.63) is 47.2 Å². The number of thiophene rings is 1. The maximum Gasteiger partial charge on any atom is 0.110 e. The predicted octanol–water partition coefficient (Wildman–Crippen LogP) is 4.91. The van der Waals surface area contributed by atoms with Crippen molar-refractivity contribution in [2.45, 2.75) is 19.9 Å². The lowest BCUT2D eigenvalue weighted by Crippen LogP contribution is -2.00. The van der Waals surface area contributed by atoms with E-state index < -0.39 is 0 Å². The molecule has 3 aromatic heterocycles. The van der Waals surface area contributed by atoms with Crippen LogP contribution in [-0.4, -0.2) is 14.8 Å². The van der Waals surface area contributed by atoms with E-state index >= 15 is 0 Å². The van der Waals surface area contributed by atoms with Gasteiger partial charge < -0.3 is 0 Å². The van der Waals surface area contributed by atoms with Gasteiger partial charge in [0.25, 0.3) is 0 Å². The van der Waals surface area contributed by atoms with Crippen molar-refractivity contribution in [3.63, 3.8) is 0 Å². The fourth-order valence-electron chi connectivity index (χ4n) is 2.02. The van der Waals surface area contributed by atoms with Crippen molar-refractivity contribution in [2.75, 3.05) is 0 Å². The van der Waals surface area contributed by atoms with E-state index in [1.807, 2.05) is 28.9 Å². The van der Waals surface area contributed by atoms with Gasteiger partial charge in [0, 0.05) is 30.2 Å². The van der Waals surface area contributed by atoms with Crippen LogP contribution >= 0.6 is 22.9 Å². The number of aromatic nitrogens is 3. The van der Waals surface area contributed by atoms with E-state index in [1.54, 1.807) is 23.7 Å². The zero-order valence-electron chi connectivity index (χ0n) is 11.2. The van der Waals surface area contributed by atoms with Gasteiger partial charge in [0.1, 0.15) is 5.69 Å². The Kier molecular flexibility index (Phi) is 3.59. The zero-order chi connectivity index (χ0) is 14.1. The summed E-state index contributed by atoms with van der Waals surface area (Å²) in [6.07, 6.45) is 5.68. The normalized spacial score (nSPS) is 11.2. The molecule has 5 heteroatoms. The number of halogens is 1. The summed E-state index contributed by atoms with van der Waals surface area (Å²) in [7, 11) is 0. The predicted molar refractivity (Wildman–Crippen MR) is 84.2 cm³/mol. The first kappa shape index (κ1) is 13.3. The van der Waals surface area contributed by atoms with Crippen molar-refractivity contribution in [3.8, 4) is 21.7 Å². The molecule has 0 amide bonds. The Morgan fingerprint density at radius 2 is 1.90 bits per heavy atom. The second-order valence-corrected chi connectivity index (χ2v) is 6.52. The highest BCUT2D eigenvalue weighted by Crippen LogP contribution is 2.36.